The number of hydrogen-bond acceptors (Lipinski definition) is 3. The molecule has 0 unspecified atom stereocenters. The summed E-state index contributed by atoms with van der Waals surface area (Å²) in [5, 5.41) is 16.1. The summed E-state index contributed by atoms with van der Waals surface area (Å²) >= 11 is 0. The van der Waals surface area contributed by atoms with Crippen LogP contribution in [-0.2, 0) is 18.3 Å². The number of benzene rings is 1. The lowest BCUT2D eigenvalue weighted by molar-refractivity contribution is -0.115. The Kier molecular flexibility index (Phi) is 4.30. The topological polar surface area (TPSA) is 84.2 Å². The molecular weight excluding hydrogens is 282 g/mol. The van der Waals surface area contributed by atoms with Crippen LogP contribution < -0.4 is 5.32 Å². The van der Waals surface area contributed by atoms with Crippen molar-refractivity contribution in [3.05, 3.63) is 46.3 Å². The number of amides is 1. The van der Waals surface area contributed by atoms with Gasteiger partial charge in [-0.3, -0.25) is 9.48 Å². The van der Waals surface area contributed by atoms with E-state index in [1.54, 1.807) is 23.7 Å². The van der Waals surface area contributed by atoms with Gasteiger partial charge in [-0.15, -0.1) is 0 Å². The Balaban J connectivity index is 2.12. The van der Waals surface area contributed by atoms with E-state index >= 15 is 0 Å². The molecule has 0 fully saturated rings. The van der Waals surface area contributed by atoms with Crippen molar-refractivity contribution in [3.63, 3.8) is 0 Å². The maximum atomic E-state index is 12.2. The van der Waals surface area contributed by atoms with Crippen LogP contribution in [0.5, 0.6) is 0 Å². The van der Waals surface area contributed by atoms with Crippen LogP contribution in [0, 0.1) is 20.8 Å². The minimum atomic E-state index is -0.975. The first-order valence-corrected chi connectivity index (χ1v) is 6.92. The van der Waals surface area contributed by atoms with Gasteiger partial charge in [0.25, 0.3) is 0 Å². The maximum Gasteiger partial charge on any atom is 0.335 e. The number of hydrogen-bond donors (Lipinski definition) is 2. The Morgan fingerprint density at radius 2 is 1.95 bits per heavy atom. The second kappa shape index (κ2) is 6.01. The van der Waals surface area contributed by atoms with Crippen molar-refractivity contribution in [1.29, 1.82) is 0 Å². The fourth-order valence-electron chi connectivity index (χ4n) is 2.42. The highest BCUT2D eigenvalue weighted by atomic mass is 16.4. The molecule has 2 aromatic rings. The van der Waals surface area contributed by atoms with Crippen molar-refractivity contribution >= 4 is 17.6 Å². The standard InChI is InChI=1S/C16H19N3O3/c1-9-7-12(5-6-13(9)16(21)22)17-15(20)8-14-10(2)18-19(4)11(14)3/h5-7H,8H2,1-4H3,(H,17,20)(H,21,22). The number of carboxylic acids is 1. The molecular formula is C16H19N3O3. The molecule has 2 rings (SSSR count). The fourth-order valence-corrected chi connectivity index (χ4v) is 2.42. The van der Waals surface area contributed by atoms with E-state index in [4.69, 9.17) is 5.11 Å². The lowest BCUT2D eigenvalue weighted by Gasteiger charge is -2.08. The third-order valence-corrected chi connectivity index (χ3v) is 3.74. The largest absolute Gasteiger partial charge is 0.478 e. The number of carboxylic acid groups (broad SMARTS) is 1. The van der Waals surface area contributed by atoms with Crippen LogP contribution in [0.15, 0.2) is 18.2 Å². The van der Waals surface area contributed by atoms with Gasteiger partial charge in [0.15, 0.2) is 0 Å². The minimum Gasteiger partial charge on any atom is -0.478 e. The molecule has 1 aromatic carbocycles. The normalized spacial score (nSPS) is 10.5. The van der Waals surface area contributed by atoms with Gasteiger partial charge in [0, 0.05) is 24.0 Å². The highest BCUT2D eigenvalue weighted by Gasteiger charge is 2.14. The van der Waals surface area contributed by atoms with Gasteiger partial charge in [0.05, 0.1) is 17.7 Å². The summed E-state index contributed by atoms with van der Waals surface area (Å²) in [5.41, 5.74) is 4.15. The Morgan fingerprint density at radius 3 is 2.45 bits per heavy atom. The number of nitrogens with zero attached hydrogens (tertiary/aromatic N) is 2. The molecule has 0 aliphatic carbocycles. The molecule has 6 nitrogen and oxygen atoms in total. The summed E-state index contributed by atoms with van der Waals surface area (Å²) in [6.07, 6.45) is 0.241. The molecule has 0 saturated carbocycles. The molecule has 116 valence electrons. The predicted octanol–water partition coefficient (Wildman–Crippen LogP) is 2.22. The molecule has 0 atom stereocenters. The lowest BCUT2D eigenvalue weighted by Crippen LogP contribution is -2.15. The van der Waals surface area contributed by atoms with Crippen LogP contribution in [0.3, 0.4) is 0 Å². The zero-order valence-electron chi connectivity index (χ0n) is 13.1. The molecule has 0 saturated heterocycles. The number of rotatable bonds is 4. The molecule has 0 aliphatic rings. The summed E-state index contributed by atoms with van der Waals surface area (Å²) in [6.45, 7) is 5.50. The van der Waals surface area contributed by atoms with Crippen molar-refractivity contribution in [3.8, 4) is 0 Å². The molecule has 0 radical (unpaired) electrons. The van der Waals surface area contributed by atoms with E-state index in [9.17, 15) is 9.59 Å². The van der Waals surface area contributed by atoms with Crippen molar-refractivity contribution in [2.45, 2.75) is 27.2 Å². The Labute approximate surface area is 128 Å². The van der Waals surface area contributed by atoms with Crippen molar-refractivity contribution in [2.75, 3.05) is 5.32 Å². The summed E-state index contributed by atoms with van der Waals surface area (Å²) in [4.78, 5) is 23.1. The van der Waals surface area contributed by atoms with E-state index in [0.717, 1.165) is 17.0 Å². The van der Waals surface area contributed by atoms with Crippen LogP contribution >= 0.6 is 0 Å². The third kappa shape index (κ3) is 3.16. The van der Waals surface area contributed by atoms with E-state index in [2.05, 4.69) is 10.4 Å². The van der Waals surface area contributed by atoms with Gasteiger partial charge in [-0.1, -0.05) is 0 Å². The van der Waals surface area contributed by atoms with Gasteiger partial charge in [-0.05, 0) is 44.5 Å². The van der Waals surface area contributed by atoms with Crippen LogP contribution in [0.4, 0.5) is 5.69 Å². The zero-order chi connectivity index (χ0) is 16.4. The zero-order valence-corrected chi connectivity index (χ0v) is 13.1. The molecule has 1 amide bonds. The van der Waals surface area contributed by atoms with Gasteiger partial charge in [0.1, 0.15) is 0 Å². The smallest absolute Gasteiger partial charge is 0.335 e. The van der Waals surface area contributed by atoms with E-state index in [-0.39, 0.29) is 17.9 Å². The average Bonchev–Trinajstić information content (AvgIpc) is 2.65. The number of aromatic nitrogens is 2. The molecule has 0 spiro atoms. The van der Waals surface area contributed by atoms with Crippen LogP contribution in [-0.4, -0.2) is 26.8 Å². The number of anilines is 1. The highest BCUT2D eigenvalue weighted by molar-refractivity contribution is 5.94. The number of carbonyl (C=O) groups excluding carboxylic acids is 1. The van der Waals surface area contributed by atoms with Crippen LogP contribution in [0.1, 0.15) is 32.9 Å². The summed E-state index contributed by atoms with van der Waals surface area (Å²) in [5.74, 6) is -1.13. The van der Waals surface area contributed by atoms with Crippen LogP contribution in [0.2, 0.25) is 0 Å². The Hall–Kier alpha value is -2.63. The maximum absolute atomic E-state index is 12.2. The Bertz CT molecular complexity index is 747. The average molecular weight is 301 g/mol. The number of carbonyl (C=O) groups is 2. The first kappa shape index (κ1) is 15.8. The van der Waals surface area contributed by atoms with Gasteiger partial charge >= 0.3 is 5.97 Å². The molecule has 22 heavy (non-hydrogen) atoms. The number of nitrogens with one attached hydrogen (secondary N) is 1. The van der Waals surface area contributed by atoms with Crippen molar-refractivity contribution in [1.82, 2.24) is 9.78 Å². The van der Waals surface area contributed by atoms with Gasteiger partial charge in [-0.2, -0.15) is 5.10 Å². The van der Waals surface area contributed by atoms with Crippen molar-refractivity contribution < 1.29 is 14.7 Å². The molecule has 0 aliphatic heterocycles. The molecule has 6 heteroatoms. The molecule has 1 aromatic heterocycles. The van der Waals surface area contributed by atoms with Gasteiger partial charge in [0.2, 0.25) is 5.91 Å². The highest BCUT2D eigenvalue weighted by Crippen LogP contribution is 2.17. The first-order chi connectivity index (χ1) is 10.3. The van der Waals surface area contributed by atoms with Gasteiger partial charge < -0.3 is 10.4 Å². The quantitative estimate of drug-likeness (QED) is 0.907. The Morgan fingerprint density at radius 1 is 1.27 bits per heavy atom. The molecule has 2 N–H and O–H groups in total. The number of aryl methyl sites for hydroxylation is 3. The lowest BCUT2D eigenvalue weighted by atomic mass is 10.1. The number of aromatic carboxylic acids is 1. The minimum absolute atomic E-state index is 0.151. The molecule has 0 bridgehead atoms. The summed E-state index contributed by atoms with van der Waals surface area (Å²) in [6, 6.07) is 4.75. The van der Waals surface area contributed by atoms with Crippen molar-refractivity contribution in [2.24, 2.45) is 7.05 Å². The third-order valence-electron chi connectivity index (χ3n) is 3.74. The van der Waals surface area contributed by atoms with E-state index in [1.807, 2.05) is 20.9 Å². The van der Waals surface area contributed by atoms with E-state index < -0.39 is 5.97 Å². The summed E-state index contributed by atoms with van der Waals surface area (Å²) < 4.78 is 1.75. The van der Waals surface area contributed by atoms with Gasteiger partial charge in [-0.25, -0.2) is 4.79 Å². The SMILES string of the molecule is Cc1cc(NC(=O)Cc2c(C)nn(C)c2C)ccc1C(=O)O. The monoisotopic (exact) mass is 301 g/mol. The first-order valence-electron chi connectivity index (χ1n) is 6.92. The predicted molar refractivity (Wildman–Crippen MR) is 83.2 cm³/mol. The molecule has 1 heterocycles. The fraction of sp³-hybridized carbons (Fsp3) is 0.312. The summed E-state index contributed by atoms with van der Waals surface area (Å²) in [7, 11) is 1.84. The second-order valence-corrected chi connectivity index (χ2v) is 5.33. The van der Waals surface area contributed by atoms with E-state index in [0.29, 0.717) is 11.3 Å². The van der Waals surface area contributed by atoms with E-state index in [1.165, 1.54) is 6.07 Å². The van der Waals surface area contributed by atoms with Crippen LogP contribution in [0.25, 0.3) is 0 Å². The second-order valence-electron chi connectivity index (χ2n) is 5.33.